The van der Waals surface area contributed by atoms with Crippen LogP contribution in [0.1, 0.15) is 11.3 Å². The first kappa shape index (κ1) is 16.7. The van der Waals surface area contributed by atoms with Crippen molar-refractivity contribution in [2.75, 3.05) is 20.7 Å². The fraction of sp³-hybridized carbons (Fsp3) is 0.211. The molecule has 0 spiro atoms. The third kappa shape index (κ3) is 4.44. The van der Waals surface area contributed by atoms with Crippen LogP contribution in [0.5, 0.6) is 5.75 Å². The quantitative estimate of drug-likeness (QED) is 0.395. The van der Waals surface area contributed by atoms with Crippen LogP contribution in [0.25, 0.3) is 0 Å². The molecule has 3 aromatic rings. The maximum absolute atomic E-state index is 6.03. The Bertz CT molecular complexity index is 813. The van der Waals surface area contributed by atoms with Crippen molar-refractivity contribution in [2.24, 2.45) is 5.10 Å². The van der Waals surface area contributed by atoms with Gasteiger partial charge < -0.3 is 9.75 Å². The van der Waals surface area contributed by atoms with E-state index in [0.717, 1.165) is 29.3 Å². The number of imidazole rings is 1. The molecule has 3 rings (SSSR count). The monoisotopic (exact) mass is 335 g/mol. The number of rotatable bonds is 6. The van der Waals surface area contributed by atoms with Crippen LogP contribution >= 0.6 is 0 Å². The van der Waals surface area contributed by atoms with Gasteiger partial charge >= 0.3 is 0 Å². The summed E-state index contributed by atoms with van der Waals surface area (Å²) in [5.74, 6) is 1.55. The molecule has 0 bridgehead atoms. The number of hydrogen-bond acceptors (Lipinski definition) is 5. The molecule has 0 N–H and O–H groups in total. The van der Waals surface area contributed by atoms with Crippen molar-refractivity contribution in [1.82, 2.24) is 19.5 Å². The van der Waals surface area contributed by atoms with E-state index in [1.54, 1.807) is 23.7 Å². The van der Waals surface area contributed by atoms with Gasteiger partial charge in [-0.3, -0.25) is 9.55 Å². The molecule has 0 aliphatic carbocycles. The van der Waals surface area contributed by atoms with Crippen LogP contribution in [0.3, 0.4) is 0 Å². The number of para-hydroxylation sites is 1. The highest BCUT2D eigenvalue weighted by Crippen LogP contribution is 2.20. The number of hydrogen-bond donors (Lipinski definition) is 0. The molecule has 0 unspecified atom stereocenters. The smallest absolute Gasteiger partial charge is 0.168 e. The van der Waals surface area contributed by atoms with Crippen LogP contribution in [-0.2, 0) is 6.42 Å². The summed E-state index contributed by atoms with van der Waals surface area (Å²) in [6, 6.07) is 13.8. The number of aromatic nitrogens is 3. The van der Waals surface area contributed by atoms with Crippen molar-refractivity contribution < 1.29 is 4.74 Å². The highest BCUT2D eigenvalue weighted by molar-refractivity contribution is 6.02. The highest BCUT2D eigenvalue weighted by atomic mass is 16.5. The molecule has 2 heterocycles. The van der Waals surface area contributed by atoms with Crippen molar-refractivity contribution in [3.63, 3.8) is 0 Å². The lowest BCUT2D eigenvalue weighted by atomic mass is 10.1. The van der Waals surface area contributed by atoms with Crippen LogP contribution in [0, 0.1) is 0 Å². The van der Waals surface area contributed by atoms with Gasteiger partial charge in [0.25, 0.3) is 0 Å². The summed E-state index contributed by atoms with van der Waals surface area (Å²) in [4.78, 5) is 8.45. The minimum Gasteiger partial charge on any atom is -0.492 e. The third-order valence-electron chi connectivity index (χ3n) is 3.51. The van der Waals surface area contributed by atoms with Gasteiger partial charge in [0.15, 0.2) is 5.84 Å². The second-order valence-electron chi connectivity index (χ2n) is 5.66. The first-order valence-corrected chi connectivity index (χ1v) is 8.10. The van der Waals surface area contributed by atoms with Gasteiger partial charge in [0.05, 0.1) is 12.2 Å². The average Bonchev–Trinajstić information content (AvgIpc) is 3.15. The maximum Gasteiger partial charge on any atom is 0.168 e. The summed E-state index contributed by atoms with van der Waals surface area (Å²) in [6.45, 7) is 0.549. The second kappa shape index (κ2) is 8.10. The number of hydrazone groups is 1. The minimum atomic E-state index is 0.549. The standard InChI is InChI=1S/C19H21N5O/c1-23(2)22-19(24-13-12-20-15-24)17-8-3-4-9-18(17)25-14-10-16-7-5-6-11-21-16/h3-9,11-13,15H,10,14H2,1-2H3/b22-19-. The van der Waals surface area contributed by atoms with Crippen LogP contribution < -0.4 is 4.74 Å². The molecule has 128 valence electrons. The van der Waals surface area contributed by atoms with Gasteiger partial charge in [-0.15, -0.1) is 0 Å². The SMILES string of the molecule is CN(C)/N=C(/c1ccccc1OCCc1ccccn1)n1ccnc1. The van der Waals surface area contributed by atoms with Gasteiger partial charge in [-0.05, 0) is 24.3 Å². The number of benzene rings is 1. The normalized spacial score (nSPS) is 11.4. The summed E-state index contributed by atoms with van der Waals surface area (Å²) in [5.41, 5.74) is 1.92. The third-order valence-corrected chi connectivity index (χ3v) is 3.51. The second-order valence-corrected chi connectivity index (χ2v) is 5.66. The summed E-state index contributed by atoms with van der Waals surface area (Å²) in [6.07, 6.45) is 7.88. The van der Waals surface area contributed by atoms with E-state index in [4.69, 9.17) is 4.74 Å². The van der Waals surface area contributed by atoms with E-state index in [9.17, 15) is 0 Å². The largest absolute Gasteiger partial charge is 0.492 e. The van der Waals surface area contributed by atoms with Gasteiger partial charge in [0, 0.05) is 44.8 Å². The van der Waals surface area contributed by atoms with E-state index in [0.29, 0.717) is 6.61 Å². The molecule has 25 heavy (non-hydrogen) atoms. The predicted molar refractivity (Wildman–Crippen MR) is 97.7 cm³/mol. The Morgan fingerprint density at radius 1 is 1.12 bits per heavy atom. The van der Waals surface area contributed by atoms with Gasteiger partial charge in [-0.25, -0.2) is 4.98 Å². The Hall–Kier alpha value is -3.15. The first-order valence-electron chi connectivity index (χ1n) is 8.10. The molecule has 2 aromatic heterocycles. The summed E-state index contributed by atoms with van der Waals surface area (Å²) in [7, 11) is 3.78. The van der Waals surface area contributed by atoms with E-state index >= 15 is 0 Å². The number of nitrogens with zero attached hydrogens (tertiary/aromatic N) is 5. The van der Waals surface area contributed by atoms with Gasteiger partial charge in [0.1, 0.15) is 12.1 Å². The highest BCUT2D eigenvalue weighted by Gasteiger charge is 2.13. The minimum absolute atomic E-state index is 0.549. The fourth-order valence-electron chi connectivity index (χ4n) is 2.41. The lowest BCUT2D eigenvalue weighted by Crippen LogP contribution is -2.18. The zero-order chi connectivity index (χ0) is 17.5. The van der Waals surface area contributed by atoms with Crippen LogP contribution in [-0.4, -0.2) is 46.1 Å². The zero-order valence-electron chi connectivity index (χ0n) is 14.4. The summed E-state index contributed by atoms with van der Waals surface area (Å²) < 4.78 is 7.90. The van der Waals surface area contributed by atoms with Crippen LogP contribution in [0.2, 0.25) is 0 Å². The Morgan fingerprint density at radius 2 is 1.96 bits per heavy atom. The molecule has 0 aliphatic heterocycles. The molecule has 0 radical (unpaired) electrons. The summed E-state index contributed by atoms with van der Waals surface area (Å²) >= 11 is 0. The molecular weight excluding hydrogens is 314 g/mol. The molecular formula is C19H21N5O. The Morgan fingerprint density at radius 3 is 2.68 bits per heavy atom. The predicted octanol–water partition coefficient (Wildman–Crippen LogP) is 2.67. The molecule has 0 aliphatic rings. The van der Waals surface area contributed by atoms with E-state index in [1.807, 2.05) is 67.3 Å². The zero-order valence-corrected chi connectivity index (χ0v) is 14.4. The molecule has 0 atom stereocenters. The van der Waals surface area contributed by atoms with Crippen molar-refractivity contribution in [3.8, 4) is 5.75 Å². The van der Waals surface area contributed by atoms with E-state index in [2.05, 4.69) is 15.1 Å². The van der Waals surface area contributed by atoms with E-state index in [1.165, 1.54) is 0 Å². The Balaban J connectivity index is 1.82. The molecule has 0 saturated heterocycles. The Labute approximate surface area is 147 Å². The average molecular weight is 335 g/mol. The first-order chi connectivity index (χ1) is 12.2. The van der Waals surface area contributed by atoms with Crippen LogP contribution in [0.15, 0.2) is 72.5 Å². The molecule has 0 fully saturated rings. The topological polar surface area (TPSA) is 55.5 Å². The molecule has 6 heteroatoms. The van der Waals surface area contributed by atoms with Gasteiger partial charge in [0.2, 0.25) is 0 Å². The summed E-state index contributed by atoms with van der Waals surface area (Å²) in [5, 5.41) is 6.36. The van der Waals surface area contributed by atoms with Crippen LogP contribution in [0.4, 0.5) is 0 Å². The maximum atomic E-state index is 6.03. The van der Waals surface area contributed by atoms with Gasteiger partial charge in [-0.1, -0.05) is 18.2 Å². The molecule has 6 nitrogen and oxygen atoms in total. The van der Waals surface area contributed by atoms with Crippen molar-refractivity contribution >= 4 is 5.84 Å². The van der Waals surface area contributed by atoms with E-state index in [-0.39, 0.29) is 0 Å². The molecule has 0 amide bonds. The molecule has 1 aromatic carbocycles. The van der Waals surface area contributed by atoms with Crippen molar-refractivity contribution in [3.05, 3.63) is 78.6 Å². The van der Waals surface area contributed by atoms with E-state index < -0.39 is 0 Å². The number of pyridine rings is 1. The van der Waals surface area contributed by atoms with Crippen molar-refractivity contribution in [2.45, 2.75) is 6.42 Å². The number of ether oxygens (including phenoxy) is 1. The fourth-order valence-corrected chi connectivity index (χ4v) is 2.41. The molecule has 0 saturated carbocycles. The Kier molecular flexibility index (Phi) is 5.41. The lowest BCUT2D eigenvalue weighted by molar-refractivity contribution is 0.319. The van der Waals surface area contributed by atoms with Gasteiger partial charge in [-0.2, -0.15) is 5.10 Å². The van der Waals surface area contributed by atoms with Crippen molar-refractivity contribution in [1.29, 1.82) is 0 Å². The lowest BCUT2D eigenvalue weighted by Gasteiger charge is -2.15.